The number of carbonyl (C=O) groups excluding carboxylic acids is 2. The summed E-state index contributed by atoms with van der Waals surface area (Å²) in [6, 6.07) is 9.48. The Kier molecular flexibility index (Phi) is 10.8. The molecular weight excluding hydrogens is 554 g/mol. The number of epoxide rings is 1. The van der Waals surface area contributed by atoms with E-state index in [-0.39, 0.29) is 30.3 Å². The van der Waals surface area contributed by atoms with Crippen LogP contribution in [-0.4, -0.2) is 62.6 Å². The SMILES string of the molecule is C/C(=C\c1csc(CC(O)c2ccccc2)n1)[C@@H]1C[C@@H]2O[C@@H]2CCC[C@H](C)C(O)[C@@H](C)C(=O)C(C)(C)[C@@H](O)CC(=O)O1. The molecule has 3 N–H and O–H groups in total. The summed E-state index contributed by atoms with van der Waals surface area (Å²) in [5, 5.41) is 35.1. The second-order valence-electron chi connectivity index (χ2n) is 12.6. The van der Waals surface area contributed by atoms with Crippen molar-refractivity contribution in [2.45, 2.75) is 110 Å². The van der Waals surface area contributed by atoms with Crippen LogP contribution in [0.2, 0.25) is 0 Å². The summed E-state index contributed by atoms with van der Waals surface area (Å²) in [7, 11) is 0. The van der Waals surface area contributed by atoms with E-state index in [9.17, 15) is 24.9 Å². The van der Waals surface area contributed by atoms with Crippen LogP contribution in [0.3, 0.4) is 0 Å². The molecule has 1 aromatic carbocycles. The van der Waals surface area contributed by atoms with Gasteiger partial charge in [0.1, 0.15) is 11.9 Å². The van der Waals surface area contributed by atoms with E-state index in [1.54, 1.807) is 20.8 Å². The number of aromatic nitrogens is 1. The van der Waals surface area contributed by atoms with Crippen LogP contribution in [0, 0.1) is 17.3 Å². The van der Waals surface area contributed by atoms with Crippen LogP contribution in [0.5, 0.6) is 0 Å². The van der Waals surface area contributed by atoms with Crippen LogP contribution in [0.4, 0.5) is 0 Å². The van der Waals surface area contributed by atoms with Crippen LogP contribution in [0.1, 0.15) is 89.1 Å². The summed E-state index contributed by atoms with van der Waals surface area (Å²) in [5.74, 6) is -1.63. The summed E-state index contributed by atoms with van der Waals surface area (Å²) in [6.45, 7) is 8.75. The van der Waals surface area contributed by atoms with Crippen molar-refractivity contribution in [1.29, 1.82) is 0 Å². The molecule has 0 spiro atoms. The Hall–Kier alpha value is -2.43. The number of carbonyl (C=O) groups is 2. The number of thiazole rings is 1. The molecule has 3 heterocycles. The summed E-state index contributed by atoms with van der Waals surface area (Å²) in [5.41, 5.74) is 1.12. The molecule has 0 bridgehead atoms. The van der Waals surface area contributed by atoms with Crippen LogP contribution in [0.15, 0.2) is 41.3 Å². The molecule has 2 unspecified atom stereocenters. The number of esters is 1. The first-order valence-electron chi connectivity index (χ1n) is 15.0. The number of ketones is 1. The van der Waals surface area contributed by atoms with Crippen molar-refractivity contribution in [1.82, 2.24) is 4.98 Å². The number of benzene rings is 1. The molecule has 1 aromatic heterocycles. The van der Waals surface area contributed by atoms with Crippen molar-refractivity contribution >= 4 is 29.2 Å². The number of rotatable bonds is 5. The summed E-state index contributed by atoms with van der Waals surface area (Å²) in [4.78, 5) is 31.0. The molecule has 2 aliphatic heterocycles. The number of hydrogen-bond acceptors (Lipinski definition) is 9. The minimum Gasteiger partial charge on any atom is -0.458 e. The van der Waals surface area contributed by atoms with Gasteiger partial charge in [-0.3, -0.25) is 9.59 Å². The van der Waals surface area contributed by atoms with E-state index >= 15 is 0 Å². The third-order valence-corrected chi connectivity index (χ3v) is 9.79. The third kappa shape index (κ3) is 8.14. The van der Waals surface area contributed by atoms with Crippen molar-refractivity contribution < 1.29 is 34.4 Å². The van der Waals surface area contributed by atoms with E-state index in [2.05, 4.69) is 4.98 Å². The topological polar surface area (TPSA) is 129 Å². The third-order valence-electron chi connectivity index (χ3n) is 8.90. The fourth-order valence-electron chi connectivity index (χ4n) is 5.78. The van der Waals surface area contributed by atoms with Crippen LogP contribution >= 0.6 is 11.3 Å². The monoisotopic (exact) mass is 599 g/mol. The number of nitrogens with zero attached hydrogens (tertiary/aromatic N) is 1. The van der Waals surface area contributed by atoms with Gasteiger partial charge in [-0.2, -0.15) is 0 Å². The van der Waals surface area contributed by atoms with Gasteiger partial charge in [0.05, 0.1) is 53.1 Å². The van der Waals surface area contributed by atoms with Crippen molar-refractivity contribution in [2.24, 2.45) is 17.3 Å². The van der Waals surface area contributed by atoms with Gasteiger partial charge in [0.25, 0.3) is 0 Å². The Morgan fingerprint density at radius 2 is 1.86 bits per heavy atom. The maximum Gasteiger partial charge on any atom is 0.309 e. The van der Waals surface area contributed by atoms with Crippen molar-refractivity contribution in [3.05, 3.63) is 57.6 Å². The Morgan fingerprint density at radius 3 is 2.57 bits per heavy atom. The molecule has 9 heteroatoms. The van der Waals surface area contributed by atoms with E-state index in [4.69, 9.17) is 9.47 Å². The Bertz CT molecular complexity index is 1240. The maximum atomic E-state index is 13.3. The zero-order valence-electron chi connectivity index (χ0n) is 25.2. The molecule has 2 aliphatic rings. The predicted molar refractivity (Wildman–Crippen MR) is 162 cm³/mol. The van der Waals surface area contributed by atoms with Gasteiger partial charge < -0.3 is 24.8 Å². The summed E-state index contributed by atoms with van der Waals surface area (Å²) < 4.78 is 11.8. The van der Waals surface area contributed by atoms with Crippen molar-refractivity contribution in [3.8, 4) is 0 Å². The molecule has 0 radical (unpaired) electrons. The normalized spacial score (nSPS) is 32.1. The molecule has 42 heavy (non-hydrogen) atoms. The minimum absolute atomic E-state index is 0.0480. The molecule has 0 amide bonds. The number of aliphatic hydroxyl groups excluding tert-OH is 3. The average molecular weight is 600 g/mol. The van der Waals surface area contributed by atoms with Crippen molar-refractivity contribution in [3.63, 3.8) is 0 Å². The molecule has 0 saturated carbocycles. The lowest BCUT2D eigenvalue weighted by Crippen LogP contribution is -2.45. The highest BCUT2D eigenvalue weighted by Crippen LogP contribution is 2.36. The zero-order chi connectivity index (χ0) is 30.6. The van der Waals surface area contributed by atoms with E-state index in [0.29, 0.717) is 12.8 Å². The van der Waals surface area contributed by atoms with Gasteiger partial charge in [-0.25, -0.2) is 4.98 Å². The number of fused-ring (bicyclic) bond motifs is 1. The number of Topliss-reactive ketones (excluding diaryl/α,β-unsaturated/α-hetero) is 1. The number of ether oxygens (including phenoxy) is 2. The van der Waals surface area contributed by atoms with E-state index in [0.717, 1.165) is 41.1 Å². The molecule has 8 nitrogen and oxygen atoms in total. The Labute approximate surface area is 252 Å². The Morgan fingerprint density at radius 1 is 1.14 bits per heavy atom. The van der Waals surface area contributed by atoms with Gasteiger partial charge >= 0.3 is 5.97 Å². The molecular formula is C33H45NO7S. The largest absolute Gasteiger partial charge is 0.458 e. The van der Waals surface area contributed by atoms with Gasteiger partial charge in [-0.05, 0) is 42.9 Å². The smallest absolute Gasteiger partial charge is 0.309 e. The van der Waals surface area contributed by atoms with Gasteiger partial charge in [0.2, 0.25) is 0 Å². The highest BCUT2D eigenvalue weighted by atomic mass is 32.1. The lowest BCUT2D eigenvalue weighted by atomic mass is 9.73. The quantitative estimate of drug-likeness (QED) is 0.322. The summed E-state index contributed by atoms with van der Waals surface area (Å²) in [6.07, 6.45) is 1.57. The second-order valence-corrected chi connectivity index (χ2v) is 13.5. The lowest BCUT2D eigenvalue weighted by molar-refractivity contribution is -0.154. The molecule has 8 atom stereocenters. The van der Waals surface area contributed by atoms with Gasteiger partial charge in [0, 0.05) is 24.1 Å². The predicted octanol–water partition coefficient (Wildman–Crippen LogP) is 5.06. The van der Waals surface area contributed by atoms with Gasteiger partial charge in [0.15, 0.2) is 0 Å². The lowest BCUT2D eigenvalue weighted by Gasteiger charge is -2.34. The first-order chi connectivity index (χ1) is 19.9. The fourth-order valence-corrected chi connectivity index (χ4v) is 6.57. The number of aliphatic hydroxyl groups is 3. The number of hydrogen-bond donors (Lipinski definition) is 3. The standard InChI is InChI=1S/C33H45NO7S/c1-19-10-9-13-25-27(40-25)16-26(41-30(37)17-28(36)33(4,5)32(39)21(3)31(19)38)20(2)14-23-18-42-29(34-23)15-24(35)22-11-7-6-8-12-22/h6-8,11-12,14,18-19,21,24-28,31,35-36,38H,9-10,13,15-17H2,1-5H3/b20-14+/t19-,21+,24?,25+,26-,27-,28-,31?/m0/s1. The van der Waals surface area contributed by atoms with E-state index in [1.165, 1.54) is 11.3 Å². The first-order valence-corrected chi connectivity index (χ1v) is 15.9. The van der Waals surface area contributed by atoms with Crippen LogP contribution in [0.25, 0.3) is 6.08 Å². The molecule has 4 rings (SSSR count). The maximum absolute atomic E-state index is 13.3. The number of cyclic esters (lactones) is 1. The molecule has 2 fully saturated rings. The van der Waals surface area contributed by atoms with Crippen LogP contribution < -0.4 is 0 Å². The summed E-state index contributed by atoms with van der Waals surface area (Å²) >= 11 is 1.47. The van der Waals surface area contributed by atoms with Crippen LogP contribution in [-0.2, 0) is 25.5 Å². The molecule has 2 saturated heterocycles. The zero-order valence-corrected chi connectivity index (χ0v) is 26.0. The highest BCUT2D eigenvalue weighted by molar-refractivity contribution is 7.09. The van der Waals surface area contributed by atoms with Gasteiger partial charge in [-0.1, -0.05) is 64.4 Å². The first kappa shape index (κ1) is 32.5. The van der Waals surface area contributed by atoms with Gasteiger partial charge in [-0.15, -0.1) is 11.3 Å². The van der Waals surface area contributed by atoms with Crippen molar-refractivity contribution in [2.75, 3.05) is 0 Å². The van der Waals surface area contributed by atoms with E-state index in [1.807, 2.05) is 55.6 Å². The minimum atomic E-state index is -1.26. The average Bonchev–Trinajstić information content (AvgIpc) is 3.55. The van der Waals surface area contributed by atoms with E-state index < -0.39 is 41.7 Å². The molecule has 2 aromatic rings. The molecule has 0 aliphatic carbocycles. The second kappa shape index (κ2) is 13.9. The Balaban J connectivity index is 1.49. The fraction of sp³-hybridized carbons (Fsp3) is 0.606. The highest BCUT2D eigenvalue weighted by Gasteiger charge is 2.44. The molecule has 230 valence electrons.